The van der Waals surface area contributed by atoms with Crippen molar-refractivity contribution in [2.45, 2.75) is 19.5 Å². The molecule has 2 nitrogen and oxygen atoms in total. The molecule has 1 saturated heterocycles. The molecule has 1 aromatic carbocycles. The van der Waals surface area contributed by atoms with Crippen molar-refractivity contribution in [3.63, 3.8) is 0 Å². The maximum Gasteiger partial charge on any atom is 0.419 e. The molecule has 1 fully saturated rings. The van der Waals surface area contributed by atoms with Gasteiger partial charge in [0.25, 0.3) is 0 Å². The van der Waals surface area contributed by atoms with Crippen molar-refractivity contribution in [1.82, 2.24) is 5.32 Å². The molecular formula is C14H18F4N2. The molecule has 0 bridgehead atoms. The molecule has 0 radical (unpaired) electrons. The Balaban J connectivity index is 2.26. The van der Waals surface area contributed by atoms with E-state index in [1.54, 1.807) is 0 Å². The van der Waals surface area contributed by atoms with Crippen LogP contribution in [0, 0.1) is 11.7 Å². The minimum absolute atomic E-state index is 0.328. The lowest BCUT2D eigenvalue weighted by Gasteiger charge is -2.31. The lowest BCUT2D eigenvalue weighted by Crippen LogP contribution is -2.38. The van der Waals surface area contributed by atoms with Gasteiger partial charge in [-0.25, -0.2) is 4.39 Å². The molecule has 0 saturated carbocycles. The van der Waals surface area contributed by atoms with E-state index in [0.717, 1.165) is 31.6 Å². The SMILES string of the molecule is CC1CNCCCN(c2ccc(F)c(C(F)(F)F)c2)C1. The third kappa shape index (κ3) is 3.62. The third-order valence-corrected chi connectivity index (χ3v) is 3.43. The zero-order valence-electron chi connectivity index (χ0n) is 11.3. The largest absolute Gasteiger partial charge is 0.419 e. The van der Waals surface area contributed by atoms with Crippen LogP contribution < -0.4 is 10.2 Å². The number of rotatable bonds is 1. The van der Waals surface area contributed by atoms with Crippen LogP contribution in [0.3, 0.4) is 0 Å². The van der Waals surface area contributed by atoms with Gasteiger partial charge in [0.1, 0.15) is 5.82 Å². The van der Waals surface area contributed by atoms with Crippen LogP contribution in [0.25, 0.3) is 0 Å². The van der Waals surface area contributed by atoms with Crippen molar-refractivity contribution < 1.29 is 17.6 Å². The van der Waals surface area contributed by atoms with E-state index in [1.807, 2.05) is 11.8 Å². The zero-order chi connectivity index (χ0) is 14.8. The van der Waals surface area contributed by atoms with Gasteiger partial charge in [-0.2, -0.15) is 13.2 Å². The van der Waals surface area contributed by atoms with E-state index in [1.165, 1.54) is 6.07 Å². The number of halogens is 4. The molecule has 1 N–H and O–H groups in total. The second-order valence-corrected chi connectivity index (χ2v) is 5.27. The molecule has 6 heteroatoms. The van der Waals surface area contributed by atoms with Gasteiger partial charge < -0.3 is 10.2 Å². The predicted octanol–water partition coefficient (Wildman–Crippen LogP) is 3.28. The smallest absolute Gasteiger partial charge is 0.371 e. The molecule has 1 aliphatic rings. The van der Waals surface area contributed by atoms with Crippen LogP contribution in [0.2, 0.25) is 0 Å². The maximum absolute atomic E-state index is 13.3. The topological polar surface area (TPSA) is 15.3 Å². The molecular weight excluding hydrogens is 272 g/mol. The van der Waals surface area contributed by atoms with Crippen molar-refractivity contribution in [2.24, 2.45) is 5.92 Å². The van der Waals surface area contributed by atoms with Crippen LogP contribution in [-0.4, -0.2) is 26.2 Å². The van der Waals surface area contributed by atoms with E-state index in [-0.39, 0.29) is 0 Å². The van der Waals surface area contributed by atoms with Crippen molar-refractivity contribution >= 4 is 5.69 Å². The molecule has 1 aromatic rings. The third-order valence-electron chi connectivity index (χ3n) is 3.43. The lowest BCUT2D eigenvalue weighted by molar-refractivity contribution is -0.139. The average molecular weight is 290 g/mol. The lowest BCUT2D eigenvalue weighted by atomic mass is 10.1. The van der Waals surface area contributed by atoms with Gasteiger partial charge in [-0.3, -0.25) is 0 Å². The number of anilines is 1. The van der Waals surface area contributed by atoms with Crippen LogP contribution in [0.1, 0.15) is 18.9 Å². The fourth-order valence-corrected chi connectivity index (χ4v) is 2.44. The first-order valence-electron chi connectivity index (χ1n) is 6.70. The van der Waals surface area contributed by atoms with Gasteiger partial charge >= 0.3 is 6.18 Å². The predicted molar refractivity (Wildman–Crippen MR) is 70.3 cm³/mol. The summed E-state index contributed by atoms with van der Waals surface area (Å²) in [5, 5.41) is 3.29. The van der Waals surface area contributed by atoms with Gasteiger partial charge in [-0.1, -0.05) is 6.92 Å². The average Bonchev–Trinajstić information content (AvgIpc) is 2.33. The van der Waals surface area contributed by atoms with Gasteiger partial charge in [-0.05, 0) is 43.6 Å². The van der Waals surface area contributed by atoms with Gasteiger partial charge in [-0.15, -0.1) is 0 Å². The van der Waals surface area contributed by atoms with Crippen LogP contribution in [0.15, 0.2) is 18.2 Å². The number of nitrogens with zero attached hydrogens (tertiary/aromatic N) is 1. The molecule has 2 rings (SSSR count). The summed E-state index contributed by atoms with van der Waals surface area (Å²) in [6.45, 7) is 5.05. The van der Waals surface area contributed by atoms with Gasteiger partial charge in [0.2, 0.25) is 0 Å². The Morgan fingerprint density at radius 2 is 2.05 bits per heavy atom. The number of alkyl halides is 3. The second-order valence-electron chi connectivity index (χ2n) is 5.27. The highest BCUT2D eigenvalue weighted by atomic mass is 19.4. The Morgan fingerprint density at radius 1 is 1.30 bits per heavy atom. The van der Waals surface area contributed by atoms with E-state index in [2.05, 4.69) is 5.32 Å². The van der Waals surface area contributed by atoms with Crippen LogP contribution in [0.5, 0.6) is 0 Å². The summed E-state index contributed by atoms with van der Waals surface area (Å²) in [6.07, 6.45) is -3.80. The van der Waals surface area contributed by atoms with Crippen LogP contribution >= 0.6 is 0 Å². The van der Waals surface area contributed by atoms with Crippen LogP contribution in [-0.2, 0) is 6.18 Å². The summed E-state index contributed by atoms with van der Waals surface area (Å²) in [5.74, 6) is -0.891. The highest BCUT2D eigenvalue weighted by Gasteiger charge is 2.34. The number of nitrogens with one attached hydrogen (secondary N) is 1. The molecule has 0 amide bonds. The summed E-state index contributed by atoms with van der Waals surface area (Å²) < 4.78 is 51.6. The standard InChI is InChI=1S/C14H18F4N2/c1-10-8-19-5-2-6-20(9-10)11-3-4-13(15)12(7-11)14(16,17)18/h3-4,7,10,19H,2,5-6,8-9H2,1H3. The van der Waals surface area contributed by atoms with Crippen molar-refractivity contribution in [2.75, 3.05) is 31.1 Å². The van der Waals surface area contributed by atoms with E-state index < -0.39 is 17.6 Å². The van der Waals surface area contributed by atoms with Gasteiger partial charge in [0.05, 0.1) is 5.56 Å². The minimum atomic E-state index is -4.66. The first kappa shape index (κ1) is 15.1. The summed E-state index contributed by atoms with van der Waals surface area (Å²) in [7, 11) is 0. The highest BCUT2D eigenvalue weighted by Crippen LogP contribution is 2.34. The maximum atomic E-state index is 13.3. The molecule has 1 atom stereocenters. The molecule has 112 valence electrons. The van der Waals surface area contributed by atoms with E-state index in [4.69, 9.17) is 0 Å². The molecule has 0 aromatic heterocycles. The summed E-state index contributed by atoms with van der Waals surface area (Å²) >= 11 is 0. The summed E-state index contributed by atoms with van der Waals surface area (Å²) in [6, 6.07) is 3.24. The fraction of sp³-hybridized carbons (Fsp3) is 0.571. The van der Waals surface area contributed by atoms with Crippen molar-refractivity contribution in [3.8, 4) is 0 Å². The Hall–Kier alpha value is -1.30. The number of hydrogen-bond donors (Lipinski definition) is 1. The number of benzene rings is 1. The second kappa shape index (κ2) is 5.99. The summed E-state index contributed by atoms with van der Waals surface area (Å²) in [4.78, 5) is 1.90. The molecule has 0 aliphatic carbocycles. The molecule has 1 heterocycles. The quantitative estimate of drug-likeness (QED) is 0.799. The van der Waals surface area contributed by atoms with E-state index in [0.29, 0.717) is 24.7 Å². The Morgan fingerprint density at radius 3 is 2.75 bits per heavy atom. The van der Waals surface area contributed by atoms with E-state index in [9.17, 15) is 17.6 Å². The molecule has 20 heavy (non-hydrogen) atoms. The molecule has 1 unspecified atom stereocenters. The molecule has 0 spiro atoms. The first-order chi connectivity index (χ1) is 9.38. The van der Waals surface area contributed by atoms with Gasteiger partial charge in [0.15, 0.2) is 0 Å². The number of hydrogen-bond acceptors (Lipinski definition) is 2. The Labute approximate surface area is 115 Å². The fourth-order valence-electron chi connectivity index (χ4n) is 2.44. The Bertz CT molecular complexity index is 459. The van der Waals surface area contributed by atoms with Crippen LogP contribution in [0.4, 0.5) is 23.2 Å². The normalized spacial score (nSPS) is 21.4. The summed E-state index contributed by atoms with van der Waals surface area (Å²) in [5.41, 5.74) is -0.754. The zero-order valence-corrected chi connectivity index (χ0v) is 11.3. The minimum Gasteiger partial charge on any atom is -0.371 e. The molecule has 1 aliphatic heterocycles. The monoisotopic (exact) mass is 290 g/mol. The van der Waals surface area contributed by atoms with Crippen molar-refractivity contribution in [1.29, 1.82) is 0 Å². The highest BCUT2D eigenvalue weighted by molar-refractivity contribution is 5.50. The Kier molecular flexibility index (Phi) is 4.52. The van der Waals surface area contributed by atoms with E-state index >= 15 is 0 Å². The first-order valence-corrected chi connectivity index (χ1v) is 6.70. The van der Waals surface area contributed by atoms with Gasteiger partial charge in [0, 0.05) is 18.8 Å². The van der Waals surface area contributed by atoms with Crippen molar-refractivity contribution in [3.05, 3.63) is 29.6 Å².